The van der Waals surface area contributed by atoms with Crippen molar-refractivity contribution in [3.63, 3.8) is 0 Å². The molecule has 1 heterocycles. The van der Waals surface area contributed by atoms with Crippen molar-refractivity contribution in [3.05, 3.63) is 18.2 Å². The second-order valence-corrected chi connectivity index (χ2v) is 6.33. The third-order valence-electron chi connectivity index (χ3n) is 4.15. The molecule has 0 N–H and O–H groups in total. The monoisotopic (exact) mass is 432 g/mol. The molecule has 0 bridgehead atoms. The molecule has 0 aromatic carbocycles. The highest BCUT2D eigenvalue weighted by atomic mass is 79.9. The zero-order chi connectivity index (χ0) is 18.4. The summed E-state index contributed by atoms with van der Waals surface area (Å²) >= 11 is 0. The van der Waals surface area contributed by atoms with Crippen LogP contribution in [0.3, 0.4) is 0 Å². The quantitative estimate of drug-likeness (QED) is 0.165. The van der Waals surface area contributed by atoms with Crippen LogP contribution in [0.4, 0.5) is 17.3 Å². The molecule has 0 saturated carbocycles. The Balaban J connectivity index is 0. The maximum atomic E-state index is 9.75. The molecule has 1 aromatic heterocycles. The van der Waals surface area contributed by atoms with Gasteiger partial charge in [0.25, 0.3) is 5.82 Å². The Bertz CT molecular complexity index is 419. The number of nitrogens with zero attached hydrogens (tertiary/aromatic N) is 2. The van der Waals surface area contributed by atoms with Crippen LogP contribution in [0, 0.1) is 6.92 Å². The van der Waals surface area contributed by atoms with E-state index in [9.17, 15) is 17.3 Å². The van der Waals surface area contributed by atoms with Gasteiger partial charge in [-0.2, -0.15) is 0 Å². The molecule has 0 spiro atoms. The molecule has 150 valence electrons. The van der Waals surface area contributed by atoms with E-state index < -0.39 is 7.25 Å². The first-order valence-corrected chi connectivity index (χ1v) is 9.14. The third kappa shape index (κ3) is 18.1. The average Bonchev–Trinajstić information content (AvgIpc) is 2.79. The van der Waals surface area contributed by atoms with E-state index in [2.05, 4.69) is 42.4 Å². The van der Waals surface area contributed by atoms with Gasteiger partial charge in [-0.15, -0.1) is 17.0 Å². The minimum Gasteiger partial charge on any atom is -0.418 e. The molecule has 0 fully saturated rings. The molecule has 25 heavy (non-hydrogen) atoms. The summed E-state index contributed by atoms with van der Waals surface area (Å²) in [5, 5.41) is 0. The minimum atomic E-state index is -6.00. The molecule has 1 rings (SSSR count). The van der Waals surface area contributed by atoms with Gasteiger partial charge in [0, 0.05) is 6.92 Å². The lowest BCUT2D eigenvalue weighted by atomic mass is 10.1. The number of unbranched alkanes of at least 4 members (excludes halogenated alkanes) is 9. The second kappa shape index (κ2) is 15.7. The first kappa shape index (κ1) is 26.7. The van der Waals surface area contributed by atoms with Crippen LogP contribution in [-0.2, 0) is 13.6 Å². The summed E-state index contributed by atoms with van der Waals surface area (Å²) in [5.74, 6) is 1.36. The van der Waals surface area contributed by atoms with Crippen molar-refractivity contribution in [3.8, 4) is 0 Å². The van der Waals surface area contributed by atoms with Crippen LogP contribution < -0.4 is 4.57 Å². The predicted octanol–water partition coefficient (Wildman–Crippen LogP) is 6.42. The van der Waals surface area contributed by atoms with Gasteiger partial charge in [0.15, 0.2) is 0 Å². The van der Waals surface area contributed by atoms with E-state index in [-0.39, 0.29) is 17.0 Å². The number of rotatable bonds is 11. The summed E-state index contributed by atoms with van der Waals surface area (Å²) in [6.07, 6.45) is 18.5. The Hall–Kier alpha value is -0.525. The molecule has 8 heteroatoms. The van der Waals surface area contributed by atoms with Gasteiger partial charge < -0.3 is 17.3 Å². The normalized spacial score (nSPS) is 10.8. The van der Waals surface area contributed by atoms with Crippen molar-refractivity contribution in [2.45, 2.75) is 84.6 Å². The lowest BCUT2D eigenvalue weighted by Crippen LogP contribution is -2.35. The molecule has 0 radical (unpaired) electrons. The molecule has 0 aliphatic carbocycles. The lowest BCUT2D eigenvalue weighted by Gasteiger charge is -2.02. The summed E-state index contributed by atoms with van der Waals surface area (Å²) in [5.41, 5.74) is 0. The molecule has 2 nitrogen and oxygen atoms in total. The van der Waals surface area contributed by atoms with Gasteiger partial charge in [0.05, 0.1) is 13.6 Å². The number of hydrogen-bond donors (Lipinski definition) is 0. The number of halogens is 5. The van der Waals surface area contributed by atoms with Crippen LogP contribution in [-0.4, -0.2) is 11.8 Å². The van der Waals surface area contributed by atoms with Gasteiger partial charge in [-0.3, -0.25) is 0 Å². The SMILES string of the molecule is Br.CCCCCCCCCCCC[n+]1ccn(C)c1C.F[B-](F)(F)F. The lowest BCUT2D eigenvalue weighted by molar-refractivity contribution is -0.702. The van der Waals surface area contributed by atoms with Crippen LogP contribution in [0.1, 0.15) is 77.0 Å². The number of aryl methyl sites for hydroxylation is 2. The molecule has 0 saturated heterocycles. The van der Waals surface area contributed by atoms with Crippen molar-refractivity contribution in [2.24, 2.45) is 7.05 Å². The fourth-order valence-corrected chi connectivity index (χ4v) is 2.60. The summed E-state index contributed by atoms with van der Waals surface area (Å²) in [4.78, 5) is 0. The summed E-state index contributed by atoms with van der Waals surface area (Å²) < 4.78 is 43.6. The third-order valence-corrected chi connectivity index (χ3v) is 4.15. The standard InChI is InChI=1S/C17H33N2.BF4.BrH/c1-4-5-6-7-8-9-10-11-12-13-14-19-16-15-18(3)17(19)2;2-1(3,4)5;/h15-16H,4-14H2,1-3H3;;1H/q+1;-1;. The van der Waals surface area contributed by atoms with Crippen molar-refractivity contribution in [1.29, 1.82) is 0 Å². The first-order valence-electron chi connectivity index (χ1n) is 9.14. The largest absolute Gasteiger partial charge is 0.673 e. The fourth-order valence-electron chi connectivity index (χ4n) is 2.60. The van der Waals surface area contributed by atoms with E-state index in [4.69, 9.17) is 0 Å². The maximum Gasteiger partial charge on any atom is 0.673 e. The van der Waals surface area contributed by atoms with E-state index in [0.29, 0.717) is 0 Å². The smallest absolute Gasteiger partial charge is 0.418 e. The summed E-state index contributed by atoms with van der Waals surface area (Å²) in [6.45, 7) is 5.66. The van der Waals surface area contributed by atoms with Crippen molar-refractivity contribution in [1.82, 2.24) is 4.57 Å². The minimum absolute atomic E-state index is 0. The highest BCUT2D eigenvalue weighted by molar-refractivity contribution is 8.93. The number of imidazole rings is 1. The van der Waals surface area contributed by atoms with Gasteiger partial charge in [-0.1, -0.05) is 58.3 Å². The van der Waals surface area contributed by atoms with Gasteiger partial charge in [0.2, 0.25) is 0 Å². The first-order chi connectivity index (χ1) is 11.3. The van der Waals surface area contributed by atoms with Crippen molar-refractivity contribution in [2.75, 3.05) is 0 Å². The predicted molar refractivity (Wildman–Crippen MR) is 103 cm³/mol. The molecule has 0 amide bonds. The molecule has 1 aromatic rings. The van der Waals surface area contributed by atoms with Crippen LogP contribution in [0.2, 0.25) is 0 Å². The van der Waals surface area contributed by atoms with E-state index in [1.807, 2.05) is 0 Å². The van der Waals surface area contributed by atoms with E-state index in [0.717, 1.165) is 0 Å². The Morgan fingerprint density at radius 3 is 1.64 bits per heavy atom. The number of hydrogen-bond acceptors (Lipinski definition) is 0. The summed E-state index contributed by atoms with van der Waals surface area (Å²) in [6, 6.07) is 0. The highest BCUT2D eigenvalue weighted by Crippen LogP contribution is 2.10. The average molecular weight is 433 g/mol. The van der Waals surface area contributed by atoms with Crippen LogP contribution >= 0.6 is 17.0 Å². The molecule has 0 aliphatic heterocycles. The maximum absolute atomic E-state index is 9.75. The van der Waals surface area contributed by atoms with Gasteiger partial charge >= 0.3 is 7.25 Å². The zero-order valence-electron chi connectivity index (χ0n) is 15.8. The fraction of sp³-hybridized carbons (Fsp3) is 0.824. The van der Waals surface area contributed by atoms with E-state index in [1.165, 1.54) is 76.6 Å². The summed E-state index contributed by atoms with van der Waals surface area (Å²) in [7, 11) is -3.88. The molecule has 0 aliphatic rings. The van der Waals surface area contributed by atoms with E-state index >= 15 is 0 Å². The Morgan fingerprint density at radius 2 is 1.28 bits per heavy atom. The molecule has 0 unspecified atom stereocenters. The van der Waals surface area contributed by atoms with Crippen LogP contribution in [0.5, 0.6) is 0 Å². The van der Waals surface area contributed by atoms with Gasteiger partial charge in [-0.25, -0.2) is 9.13 Å². The second-order valence-electron chi connectivity index (χ2n) is 6.33. The molecular formula is C17H34BBrF4N2. The van der Waals surface area contributed by atoms with Crippen molar-refractivity contribution >= 4 is 24.2 Å². The topological polar surface area (TPSA) is 8.81 Å². The van der Waals surface area contributed by atoms with Crippen LogP contribution in [0.25, 0.3) is 0 Å². The molecular weight excluding hydrogens is 399 g/mol. The van der Waals surface area contributed by atoms with E-state index in [1.54, 1.807) is 0 Å². The molecule has 0 atom stereocenters. The number of aromatic nitrogens is 2. The Labute approximate surface area is 160 Å². The van der Waals surface area contributed by atoms with Gasteiger partial charge in [-0.05, 0) is 12.8 Å². The van der Waals surface area contributed by atoms with Gasteiger partial charge in [0.1, 0.15) is 12.4 Å². The zero-order valence-corrected chi connectivity index (χ0v) is 17.5. The van der Waals surface area contributed by atoms with Crippen molar-refractivity contribution < 1.29 is 21.8 Å². The van der Waals surface area contributed by atoms with Crippen LogP contribution in [0.15, 0.2) is 12.4 Å². The Kier molecular flexibility index (Phi) is 16.8. The highest BCUT2D eigenvalue weighted by Gasteiger charge is 2.20. The Morgan fingerprint density at radius 1 is 0.880 bits per heavy atom.